The molecular weight excluding hydrogens is 236 g/mol. The Morgan fingerprint density at radius 3 is 2.39 bits per heavy atom. The van der Waals surface area contributed by atoms with Crippen LogP contribution in [-0.4, -0.2) is 61.3 Å². The highest BCUT2D eigenvalue weighted by molar-refractivity contribution is 5.81. The molecule has 0 aromatic rings. The van der Waals surface area contributed by atoms with Crippen molar-refractivity contribution in [2.75, 3.05) is 33.3 Å². The summed E-state index contributed by atoms with van der Waals surface area (Å²) in [5.74, 6) is -1.54. The van der Waals surface area contributed by atoms with Crippen LogP contribution in [0.5, 0.6) is 0 Å². The number of rotatable bonds is 10. The summed E-state index contributed by atoms with van der Waals surface area (Å²) in [5, 5.41) is 11.8. The Morgan fingerprint density at radius 1 is 1.33 bits per heavy atom. The van der Waals surface area contributed by atoms with E-state index in [2.05, 4.69) is 28.8 Å². The lowest BCUT2D eigenvalue weighted by Crippen LogP contribution is -2.40. The average molecular weight is 260 g/mol. The van der Waals surface area contributed by atoms with Gasteiger partial charge in [-0.05, 0) is 32.6 Å². The third kappa shape index (κ3) is 7.24. The van der Waals surface area contributed by atoms with Crippen LogP contribution in [0, 0.1) is 0 Å². The number of aliphatic carboxylic acids is 1. The topological polar surface area (TPSA) is 78.9 Å². The predicted octanol–water partition coefficient (Wildman–Crippen LogP) is 0.324. The number of carboxylic acids is 1. The zero-order chi connectivity index (χ0) is 14.0. The molecule has 0 fully saturated rings. The second-order valence-corrected chi connectivity index (χ2v) is 4.01. The lowest BCUT2D eigenvalue weighted by atomic mass is 10.2. The largest absolute Gasteiger partial charge is 0.480 e. The monoisotopic (exact) mass is 260 g/mol. The minimum absolute atomic E-state index is 0.142. The lowest BCUT2D eigenvalue weighted by Gasteiger charge is -2.19. The van der Waals surface area contributed by atoms with Gasteiger partial charge in [-0.2, -0.15) is 0 Å². The molecule has 0 aliphatic carbocycles. The van der Waals surface area contributed by atoms with Gasteiger partial charge >= 0.3 is 11.9 Å². The van der Waals surface area contributed by atoms with E-state index in [9.17, 15) is 9.59 Å². The summed E-state index contributed by atoms with van der Waals surface area (Å²) in [6.07, 6.45) is 0.712. The second kappa shape index (κ2) is 9.85. The Hall–Kier alpha value is -1.14. The lowest BCUT2D eigenvalue weighted by molar-refractivity contribution is -0.147. The highest BCUT2D eigenvalue weighted by Crippen LogP contribution is 1.96. The number of ether oxygens (including phenoxy) is 1. The molecule has 0 saturated carbocycles. The van der Waals surface area contributed by atoms with Gasteiger partial charge in [0.25, 0.3) is 0 Å². The SMILES string of the molecule is CCN(CC)CCCN[C@@H](CC(=O)OC)C(=O)O. The molecule has 6 nitrogen and oxygen atoms in total. The first kappa shape index (κ1) is 16.9. The number of nitrogens with one attached hydrogen (secondary N) is 1. The maximum absolute atomic E-state index is 11.0. The van der Waals surface area contributed by atoms with Crippen LogP contribution < -0.4 is 5.32 Å². The van der Waals surface area contributed by atoms with Gasteiger partial charge in [-0.25, -0.2) is 0 Å². The van der Waals surface area contributed by atoms with Gasteiger partial charge < -0.3 is 20.1 Å². The predicted molar refractivity (Wildman–Crippen MR) is 68.5 cm³/mol. The Labute approximate surface area is 108 Å². The molecule has 2 N–H and O–H groups in total. The number of methoxy groups -OCH3 is 1. The second-order valence-electron chi connectivity index (χ2n) is 4.01. The molecule has 0 heterocycles. The molecule has 0 unspecified atom stereocenters. The average Bonchev–Trinajstić information content (AvgIpc) is 2.36. The number of carbonyl (C=O) groups excluding carboxylic acids is 1. The van der Waals surface area contributed by atoms with Crippen molar-refractivity contribution < 1.29 is 19.4 Å². The summed E-state index contributed by atoms with van der Waals surface area (Å²) in [6.45, 7) is 7.65. The van der Waals surface area contributed by atoms with Crippen LogP contribution in [0.3, 0.4) is 0 Å². The van der Waals surface area contributed by atoms with Crippen molar-refractivity contribution in [2.24, 2.45) is 0 Å². The van der Waals surface area contributed by atoms with Crippen LogP contribution >= 0.6 is 0 Å². The quantitative estimate of drug-likeness (QED) is 0.435. The maximum Gasteiger partial charge on any atom is 0.321 e. The number of nitrogens with zero attached hydrogens (tertiary/aromatic N) is 1. The summed E-state index contributed by atoms with van der Waals surface area (Å²) in [5.41, 5.74) is 0. The van der Waals surface area contributed by atoms with Crippen molar-refractivity contribution in [3.05, 3.63) is 0 Å². The van der Waals surface area contributed by atoms with Gasteiger partial charge in [0, 0.05) is 0 Å². The fourth-order valence-electron chi connectivity index (χ4n) is 1.62. The van der Waals surface area contributed by atoms with E-state index in [4.69, 9.17) is 5.11 Å². The third-order valence-corrected chi connectivity index (χ3v) is 2.83. The molecule has 18 heavy (non-hydrogen) atoms. The molecule has 0 spiro atoms. The van der Waals surface area contributed by atoms with E-state index < -0.39 is 18.0 Å². The van der Waals surface area contributed by atoms with Crippen molar-refractivity contribution in [3.8, 4) is 0 Å². The minimum Gasteiger partial charge on any atom is -0.480 e. The summed E-state index contributed by atoms with van der Waals surface area (Å²) in [7, 11) is 1.25. The smallest absolute Gasteiger partial charge is 0.321 e. The Kier molecular flexibility index (Phi) is 9.22. The summed E-state index contributed by atoms with van der Waals surface area (Å²) in [6, 6.07) is -0.867. The van der Waals surface area contributed by atoms with Gasteiger partial charge in [0.05, 0.1) is 13.5 Å². The van der Waals surface area contributed by atoms with Crippen LogP contribution in [0.15, 0.2) is 0 Å². The van der Waals surface area contributed by atoms with E-state index in [0.717, 1.165) is 26.1 Å². The number of esters is 1. The maximum atomic E-state index is 11.0. The van der Waals surface area contributed by atoms with E-state index in [0.29, 0.717) is 6.54 Å². The van der Waals surface area contributed by atoms with Gasteiger partial charge in [0.1, 0.15) is 6.04 Å². The first-order valence-electron chi connectivity index (χ1n) is 6.30. The van der Waals surface area contributed by atoms with Crippen LogP contribution in [0.1, 0.15) is 26.7 Å². The highest BCUT2D eigenvalue weighted by Gasteiger charge is 2.20. The molecule has 0 aliphatic rings. The third-order valence-electron chi connectivity index (χ3n) is 2.83. The molecule has 0 bridgehead atoms. The Bertz CT molecular complexity index is 254. The number of hydrogen-bond acceptors (Lipinski definition) is 5. The number of carboxylic acid groups (broad SMARTS) is 1. The number of carbonyl (C=O) groups is 2. The van der Waals surface area contributed by atoms with Crippen molar-refractivity contribution in [2.45, 2.75) is 32.7 Å². The van der Waals surface area contributed by atoms with Gasteiger partial charge in [-0.1, -0.05) is 13.8 Å². The summed E-state index contributed by atoms with van der Waals surface area (Å²) < 4.78 is 4.46. The molecule has 0 rings (SSSR count). The first-order chi connectivity index (χ1) is 8.54. The van der Waals surface area contributed by atoms with Crippen molar-refractivity contribution in [1.82, 2.24) is 10.2 Å². The fourth-order valence-corrected chi connectivity index (χ4v) is 1.62. The molecule has 1 atom stereocenters. The zero-order valence-corrected chi connectivity index (χ0v) is 11.4. The van der Waals surface area contributed by atoms with Gasteiger partial charge in [0.2, 0.25) is 0 Å². The highest BCUT2D eigenvalue weighted by atomic mass is 16.5. The van der Waals surface area contributed by atoms with E-state index >= 15 is 0 Å². The molecule has 0 aliphatic heterocycles. The fraction of sp³-hybridized carbons (Fsp3) is 0.833. The van der Waals surface area contributed by atoms with E-state index in [-0.39, 0.29) is 6.42 Å². The van der Waals surface area contributed by atoms with Gasteiger partial charge in [-0.3, -0.25) is 9.59 Å². The molecule has 106 valence electrons. The molecular formula is C12H24N2O4. The number of hydrogen-bond donors (Lipinski definition) is 2. The van der Waals surface area contributed by atoms with Crippen molar-refractivity contribution in [3.63, 3.8) is 0 Å². The van der Waals surface area contributed by atoms with E-state index in [1.807, 2.05) is 0 Å². The van der Waals surface area contributed by atoms with Crippen LogP contribution in [0.2, 0.25) is 0 Å². The molecule has 0 saturated heterocycles. The molecule has 0 aromatic heterocycles. The Balaban J connectivity index is 3.91. The van der Waals surface area contributed by atoms with Gasteiger partial charge in [0.15, 0.2) is 0 Å². The van der Waals surface area contributed by atoms with Crippen LogP contribution in [-0.2, 0) is 14.3 Å². The van der Waals surface area contributed by atoms with Crippen molar-refractivity contribution >= 4 is 11.9 Å². The zero-order valence-electron chi connectivity index (χ0n) is 11.4. The molecule has 0 amide bonds. The summed E-state index contributed by atoms with van der Waals surface area (Å²) in [4.78, 5) is 24.2. The Morgan fingerprint density at radius 2 is 1.94 bits per heavy atom. The first-order valence-corrected chi connectivity index (χ1v) is 6.30. The van der Waals surface area contributed by atoms with E-state index in [1.165, 1.54) is 7.11 Å². The summed E-state index contributed by atoms with van der Waals surface area (Å²) >= 11 is 0. The van der Waals surface area contributed by atoms with Crippen LogP contribution in [0.25, 0.3) is 0 Å². The molecule has 0 aromatic carbocycles. The normalized spacial score (nSPS) is 12.4. The van der Waals surface area contributed by atoms with Crippen molar-refractivity contribution in [1.29, 1.82) is 0 Å². The molecule has 6 heteroatoms. The van der Waals surface area contributed by atoms with Crippen LogP contribution in [0.4, 0.5) is 0 Å². The standard InChI is InChI=1S/C12H24N2O4/c1-4-14(5-2)8-6-7-13-10(12(16)17)9-11(15)18-3/h10,13H,4-9H2,1-3H3,(H,16,17)/t10-/m0/s1. The van der Waals surface area contributed by atoms with Gasteiger partial charge in [-0.15, -0.1) is 0 Å². The molecule has 0 radical (unpaired) electrons. The minimum atomic E-state index is -1.02. The van der Waals surface area contributed by atoms with E-state index in [1.54, 1.807) is 0 Å².